The lowest BCUT2D eigenvalue weighted by Gasteiger charge is -2.17. The number of hydrogen-bond acceptors (Lipinski definition) is 3. The van der Waals surface area contributed by atoms with Crippen molar-refractivity contribution in [3.63, 3.8) is 0 Å². The number of benzene rings is 2. The molecule has 1 unspecified atom stereocenters. The van der Waals surface area contributed by atoms with Gasteiger partial charge in [0.05, 0.1) is 5.69 Å². The van der Waals surface area contributed by atoms with Crippen molar-refractivity contribution in [1.82, 2.24) is 0 Å². The molecule has 1 N–H and O–H groups in total. The quantitative estimate of drug-likeness (QED) is 0.772. The third kappa shape index (κ3) is 4.76. The van der Waals surface area contributed by atoms with Crippen LogP contribution in [0.3, 0.4) is 0 Å². The molecular formula is C19H23NO2S. The van der Waals surface area contributed by atoms with Crippen molar-refractivity contribution in [2.75, 3.05) is 11.1 Å². The van der Waals surface area contributed by atoms with Gasteiger partial charge in [0.25, 0.3) is 5.91 Å². The molecule has 1 amide bonds. The lowest BCUT2D eigenvalue weighted by molar-refractivity contribution is -0.122. The van der Waals surface area contributed by atoms with Crippen LogP contribution in [0.5, 0.6) is 5.75 Å². The summed E-state index contributed by atoms with van der Waals surface area (Å²) in [6.07, 6.45) is -0.559. The Morgan fingerprint density at radius 1 is 1.22 bits per heavy atom. The number of hydrogen-bond donors (Lipinski definition) is 1. The van der Waals surface area contributed by atoms with Crippen molar-refractivity contribution in [3.8, 4) is 5.75 Å². The molecule has 0 saturated heterocycles. The van der Waals surface area contributed by atoms with E-state index >= 15 is 0 Å². The van der Waals surface area contributed by atoms with Crippen molar-refractivity contribution in [3.05, 3.63) is 53.6 Å². The molecule has 23 heavy (non-hydrogen) atoms. The molecule has 0 radical (unpaired) electrons. The highest BCUT2D eigenvalue weighted by molar-refractivity contribution is 7.99. The van der Waals surface area contributed by atoms with Crippen LogP contribution >= 0.6 is 11.8 Å². The Labute approximate surface area is 142 Å². The third-order valence-electron chi connectivity index (χ3n) is 3.45. The molecule has 2 rings (SSSR count). The van der Waals surface area contributed by atoms with Gasteiger partial charge in [0.2, 0.25) is 0 Å². The van der Waals surface area contributed by atoms with Crippen LogP contribution in [-0.4, -0.2) is 17.8 Å². The van der Waals surface area contributed by atoms with Crippen molar-refractivity contribution < 1.29 is 9.53 Å². The Kier molecular flexibility index (Phi) is 6.11. The van der Waals surface area contributed by atoms with E-state index < -0.39 is 6.10 Å². The van der Waals surface area contributed by atoms with Gasteiger partial charge in [-0.2, -0.15) is 0 Å². The zero-order valence-corrected chi connectivity index (χ0v) is 14.9. The normalized spacial score (nSPS) is 11.8. The van der Waals surface area contributed by atoms with Gasteiger partial charge in [0, 0.05) is 4.90 Å². The fraction of sp³-hybridized carbons (Fsp3) is 0.316. The predicted octanol–water partition coefficient (Wildman–Crippen LogP) is 4.82. The van der Waals surface area contributed by atoms with E-state index in [4.69, 9.17) is 4.74 Å². The van der Waals surface area contributed by atoms with Gasteiger partial charge in [-0.25, -0.2) is 0 Å². The minimum absolute atomic E-state index is 0.144. The second-order valence-electron chi connectivity index (χ2n) is 5.45. The molecule has 0 aliphatic carbocycles. The number of anilines is 1. The van der Waals surface area contributed by atoms with Crippen LogP contribution < -0.4 is 10.1 Å². The van der Waals surface area contributed by atoms with E-state index in [1.54, 1.807) is 18.7 Å². The molecule has 2 aromatic rings. The minimum Gasteiger partial charge on any atom is -0.481 e. The molecule has 0 saturated carbocycles. The van der Waals surface area contributed by atoms with Gasteiger partial charge in [-0.1, -0.05) is 36.8 Å². The molecule has 0 aliphatic heterocycles. The summed E-state index contributed by atoms with van der Waals surface area (Å²) in [5.74, 6) is 1.56. The van der Waals surface area contributed by atoms with Crippen molar-refractivity contribution in [2.24, 2.45) is 0 Å². The maximum absolute atomic E-state index is 12.4. The summed E-state index contributed by atoms with van der Waals surface area (Å²) in [5, 5.41) is 2.96. The Bertz CT molecular complexity index is 685. The highest BCUT2D eigenvalue weighted by Gasteiger charge is 2.17. The van der Waals surface area contributed by atoms with Gasteiger partial charge < -0.3 is 10.1 Å². The number of amides is 1. The maximum atomic E-state index is 12.4. The van der Waals surface area contributed by atoms with Crippen LogP contribution in [0, 0.1) is 13.8 Å². The van der Waals surface area contributed by atoms with Crippen LogP contribution in [0.2, 0.25) is 0 Å². The third-order valence-corrected chi connectivity index (χ3v) is 4.40. The Balaban J connectivity index is 2.05. The molecule has 0 aromatic heterocycles. The Morgan fingerprint density at radius 3 is 2.65 bits per heavy atom. The first-order chi connectivity index (χ1) is 11.0. The van der Waals surface area contributed by atoms with Gasteiger partial charge in [0.15, 0.2) is 6.10 Å². The van der Waals surface area contributed by atoms with Gasteiger partial charge in [-0.05, 0) is 50.3 Å². The van der Waals surface area contributed by atoms with Crippen molar-refractivity contribution >= 4 is 23.4 Å². The summed E-state index contributed by atoms with van der Waals surface area (Å²) in [5.41, 5.74) is 3.05. The number of rotatable bonds is 6. The van der Waals surface area contributed by atoms with Crippen LogP contribution in [0.4, 0.5) is 5.69 Å². The van der Waals surface area contributed by atoms with Crippen LogP contribution in [0.1, 0.15) is 25.0 Å². The van der Waals surface area contributed by atoms with Crippen LogP contribution in [0.25, 0.3) is 0 Å². The molecule has 3 nitrogen and oxygen atoms in total. The zero-order chi connectivity index (χ0) is 16.8. The summed E-state index contributed by atoms with van der Waals surface area (Å²) >= 11 is 1.71. The summed E-state index contributed by atoms with van der Waals surface area (Å²) < 4.78 is 5.82. The summed E-state index contributed by atoms with van der Waals surface area (Å²) in [6.45, 7) is 7.88. The second kappa shape index (κ2) is 8.06. The van der Waals surface area contributed by atoms with Crippen molar-refractivity contribution in [2.45, 2.75) is 38.7 Å². The SMILES string of the molecule is CCSc1ccccc1NC(=O)C(C)Oc1ccc(C)cc1C. The van der Waals surface area contributed by atoms with E-state index in [0.717, 1.165) is 27.6 Å². The Hall–Kier alpha value is -1.94. The van der Waals surface area contributed by atoms with E-state index in [0.29, 0.717) is 0 Å². The number of nitrogens with one attached hydrogen (secondary N) is 1. The van der Waals surface area contributed by atoms with Crippen LogP contribution in [0.15, 0.2) is 47.4 Å². The van der Waals surface area contributed by atoms with Crippen LogP contribution in [-0.2, 0) is 4.79 Å². The monoisotopic (exact) mass is 329 g/mol. The van der Waals surface area contributed by atoms with Crippen molar-refractivity contribution in [1.29, 1.82) is 0 Å². The fourth-order valence-corrected chi connectivity index (χ4v) is 3.02. The number of aryl methyl sites for hydroxylation is 2. The number of thioether (sulfide) groups is 1. The fourth-order valence-electron chi connectivity index (χ4n) is 2.26. The summed E-state index contributed by atoms with van der Waals surface area (Å²) in [7, 11) is 0. The highest BCUT2D eigenvalue weighted by atomic mass is 32.2. The smallest absolute Gasteiger partial charge is 0.265 e. The van der Waals surface area contributed by atoms with E-state index in [2.05, 4.69) is 12.2 Å². The second-order valence-corrected chi connectivity index (χ2v) is 6.75. The average Bonchev–Trinajstić information content (AvgIpc) is 2.52. The maximum Gasteiger partial charge on any atom is 0.265 e. The Morgan fingerprint density at radius 2 is 1.96 bits per heavy atom. The molecule has 0 fully saturated rings. The number of ether oxygens (including phenoxy) is 1. The average molecular weight is 329 g/mol. The summed E-state index contributed by atoms with van der Waals surface area (Å²) in [4.78, 5) is 13.5. The molecule has 0 aliphatic rings. The van der Waals surface area contributed by atoms with E-state index in [9.17, 15) is 4.79 Å². The largest absolute Gasteiger partial charge is 0.481 e. The van der Waals surface area contributed by atoms with E-state index in [-0.39, 0.29) is 5.91 Å². The minimum atomic E-state index is -0.559. The molecule has 122 valence electrons. The number of carbonyl (C=O) groups excluding carboxylic acids is 1. The predicted molar refractivity (Wildman–Crippen MR) is 97.5 cm³/mol. The molecule has 2 aromatic carbocycles. The molecule has 0 bridgehead atoms. The molecule has 0 spiro atoms. The molecule has 4 heteroatoms. The van der Waals surface area contributed by atoms with E-state index in [1.807, 2.05) is 56.3 Å². The first-order valence-electron chi connectivity index (χ1n) is 7.78. The first-order valence-corrected chi connectivity index (χ1v) is 8.76. The lowest BCUT2D eigenvalue weighted by atomic mass is 10.1. The molecule has 1 atom stereocenters. The standard InChI is InChI=1S/C19H23NO2S/c1-5-23-18-9-7-6-8-16(18)20-19(21)15(4)22-17-11-10-13(2)12-14(17)3/h6-12,15H,5H2,1-4H3,(H,20,21). The number of carbonyl (C=O) groups is 1. The van der Waals surface area contributed by atoms with Gasteiger partial charge in [-0.15, -0.1) is 11.8 Å². The number of para-hydroxylation sites is 1. The molecular weight excluding hydrogens is 306 g/mol. The summed E-state index contributed by atoms with van der Waals surface area (Å²) in [6, 6.07) is 13.8. The van der Waals surface area contributed by atoms with Gasteiger partial charge >= 0.3 is 0 Å². The highest BCUT2D eigenvalue weighted by Crippen LogP contribution is 2.27. The zero-order valence-electron chi connectivity index (χ0n) is 14.1. The molecule has 0 heterocycles. The topological polar surface area (TPSA) is 38.3 Å². The van der Waals surface area contributed by atoms with Gasteiger partial charge in [0.1, 0.15) is 5.75 Å². The lowest BCUT2D eigenvalue weighted by Crippen LogP contribution is -2.30. The van der Waals surface area contributed by atoms with E-state index in [1.165, 1.54) is 5.56 Å². The van der Waals surface area contributed by atoms with Gasteiger partial charge in [-0.3, -0.25) is 4.79 Å². The first kappa shape index (κ1) is 17.4.